The van der Waals surface area contributed by atoms with Crippen LogP contribution in [0.15, 0.2) is 55.0 Å². The molecule has 1 fully saturated rings. The molecule has 158 valence electrons. The molecule has 1 N–H and O–H groups in total. The zero-order valence-electron chi connectivity index (χ0n) is 16.7. The highest BCUT2D eigenvalue weighted by atomic mass is 32.1. The Balaban J connectivity index is 1.19. The fourth-order valence-corrected chi connectivity index (χ4v) is 4.68. The summed E-state index contributed by atoms with van der Waals surface area (Å²) >= 11 is 1.52. The van der Waals surface area contributed by atoms with Gasteiger partial charge in [0.25, 0.3) is 0 Å². The van der Waals surface area contributed by atoms with Gasteiger partial charge in [-0.15, -0.1) is 5.10 Å². The van der Waals surface area contributed by atoms with Crippen LogP contribution in [-0.4, -0.2) is 38.6 Å². The van der Waals surface area contributed by atoms with Gasteiger partial charge in [0, 0.05) is 43.5 Å². The summed E-state index contributed by atoms with van der Waals surface area (Å²) in [6, 6.07) is 10.1. The highest BCUT2D eigenvalue weighted by molar-refractivity contribution is 7.20. The number of nitrogens with zero attached hydrogens (tertiary/aromatic N) is 5. The number of pyridine rings is 1. The lowest BCUT2D eigenvalue weighted by atomic mass is 9.96. The predicted octanol–water partition coefficient (Wildman–Crippen LogP) is 3.52. The van der Waals surface area contributed by atoms with E-state index in [0.29, 0.717) is 6.54 Å². The van der Waals surface area contributed by atoms with Crippen LogP contribution in [0.25, 0.3) is 16.2 Å². The first kappa shape index (κ1) is 19.6. The molecule has 9 heteroatoms. The SMILES string of the molecule is O=C(NCc1cccnc1)C1CCN(c2nn3cc(-c4ccc(F)cc4)nc3s2)CC1. The second-order valence-electron chi connectivity index (χ2n) is 7.59. The van der Waals surface area contributed by atoms with Crippen LogP contribution in [0.3, 0.4) is 0 Å². The lowest BCUT2D eigenvalue weighted by Gasteiger charge is -2.30. The van der Waals surface area contributed by atoms with Crippen LogP contribution in [-0.2, 0) is 11.3 Å². The second kappa shape index (κ2) is 8.43. The number of nitrogens with one attached hydrogen (secondary N) is 1. The Kier molecular flexibility index (Phi) is 5.33. The van der Waals surface area contributed by atoms with Crippen molar-refractivity contribution < 1.29 is 9.18 Å². The molecular weight excluding hydrogens is 415 g/mol. The average molecular weight is 437 g/mol. The summed E-state index contributed by atoms with van der Waals surface area (Å²) in [6.07, 6.45) is 6.94. The minimum absolute atomic E-state index is 0.0158. The summed E-state index contributed by atoms with van der Waals surface area (Å²) < 4.78 is 14.9. The Hall–Kier alpha value is -3.33. The molecule has 0 saturated carbocycles. The molecule has 0 spiro atoms. The van der Waals surface area contributed by atoms with Gasteiger partial charge in [0.15, 0.2) is 0 Å². The van der Waals surface area contributed by atoms with Crippen molar-refractivity contribution in [3.8, 4) is 11.3 Å². The van der Waals surface area contributed by atoms with E-state index < -0.39 is 0 Å². The number of piperidine rings is 1. The number of rotatable bonds is 5. The van der Waals surface area contributed by atoms with Gasteiger partial charge >= 0.3 is 0 Å². The summed E-state index contributed by atoms with van der Waals surface area (Å²) in [7, 11) is 0. The minimum Gasteiger partial charge on any atom is -0.352 e. The van der Waals surface area contributed by atoms with Crippen LogP contribution >= 0.6 is 11.3 Å². The molecule has 3 aromatic heterocycles. The maximum atomic E-state index is 13.1. The first-order valence-electron chi connectivity index (χ1n) is 10.2. The molecule has 0 unspecified atom stereocenters. The number of imidazole rings is 1. The van der Waals surface area contributed by atoms with Crippen molar-refractivity contribution in [1.29, 1.82) is 0 Å². The third kappa shape index (κ3) is 4.27. The van der Waals surface area contributed by atoms with E-state index in [1.807, 2.05) is 18.3 Å². The van der Waals surface area contributed by atoms with Crippen molar-refractivity contribution in [3.63, 3.8) is 0 Å². The lowest BCUT2D eigenvalue weighted by molar-refractivity contribution is -0.125. The van der Waals surface area contributed by atoms with Crippen LogP contribution in [0.5, 0.6) is 0 Å². The van der Waals surface area contributed by atoms with Gasteiger partial charge in [-0.05, 0) is 48.7 Å². The Morgan fingerprint density at radius 2 is 2.00 bits per heavy atom. The van der Waals surface area contributed by atoms with Crippen LogP contribution in [0.1, 0.15) is 18.4 Å². The number of aromatic nitrogens is 4. The van der Waals surface area contributed by atoms with Crippen molar-refractivity contribution in [2.45, 2.75) is 19.4 Å². The van der Waals surface area contributed by atoms with Gasteiger partial charge in [-0.2, -0.15) is 0 Å². The lowest BCUT2D eigenvalue weighted by Crippen LogP contribution is -2.40. The van der Waals surface area contributed by atoms with Gasteiger partial charge < -0.3 is 10.2 Å². The van der Waals surface area contributed by atoms with Gasteiger partial charge in [0.05, 0.1) is 11.9 Å². The van der Waals surface area contributed by atoms with Crippen molar-refractivity contribution in [2.24, 2.45) is 5.92 Å². The standard InChI is InChI=1S/C22H21FN6OS/c23-18-5-3-16(4-6-18)19-14-29-21(26-19)31-22(27-29)28-10-7-17(8-11-28)20(30)25-13-15-2-1-9-24-12-15/h1-6,9,12,14,17H,7-8,10-11,13H2,(H,25,30). The number of amides is 1. The summed E-state index contributed by atoms with van der Waals surface area (Å²) in [5.41, 5.74) is 2.63. The molecule has 1 saturated heterocycles. The number of benzene rings is 1. The average Bonchev–Trinajstić information content (AvgIpc) is 3.38. The quantitative estimate of drug-likeness (QED) is 0.518. The topological polar surface area (TPSA) is 75.4 Å². The Bertz CT molecular complexity index is 1150. The Labute approximate surface area is 182 Å². The number of carbonyl (C=O) groups excluding carboxylic acids is 1. The van der Waals surface area contributed by atoms with Crippen molar-refractivity contribution in [3.05, 3.63) is 66.4 Å². The summed E-state index contributed by atoms with van der Waals surface area (Å²) in [4.78, 5) is 24.2. The number of fused-ring (bicyclic) bond motifs is 1. The summed E-state index contributed by atoms with van der Waals surface area (Å²) in [5.74, 6) is -0.150. The maximum absolute atomic E-state index is 13.1. The molecule has 0 bridgehead atoms. The minimum atomic E-state index is -0.264. The molecule has 31 heavy (non-hydrogen) atoms. The van der Waals surface area contributed by atoms with E-state index in [0.717, 1.165) is 52.8 Å². The molecule has 4 aromatic rings. The number of hydrogen-bond donors (Lipinski definition) is 1. The number of anilines is 1. The Morgan fingerprint density at radius 3 is 2.71 bits per heavy atom. The van der Waals surface area contributed by atoms with Crippen LogP contribution in [0, 0.1) is 11.7 Å². The molecular formula is C22H21FN6OS. The zero-order chi connectivity index (χ0) is 21.2. The van der Waals surface area contributed by atoms with Gasteiger partial charge in [-0.1, -0.05) is 17.4 Å². The van der Waals surface area contributed by atoms with Gasteiger partial charge in [0.2, 0.25) is 16.0 Å². The van der Waals surface area contributed by atoms with Gasteiger partial charge in [-0.25, -0.2) is 13.9 Å². The van der Waals surface area contributed by atoms with E-state index in [1.165, 1.54) is 23.5 Å². The van der Waals surface area contributed by atoms with Crippen LogP contribution in [0.2, 0.25) is 0 Å². The fourth-order valence-electron chi connectivity index (χ4n) is 3.75. The van der Waals surface area contributed by atoms with E-state index in [1.54, 1.807) is 29.0 Å². The first-order chi connectivity index (χ1) is 15.2. The van der Waals surface area contributed by atoms with Crippen molar-refractivity contribution in [1.82, 2.24) is 24.9 Å². The maximum Gasteiger partial charge on any atom is 0.223 e. The molecule has 1 amide bonds. The molecule has 7 nitrogen and oxygen atoms in total. The predicted molar refractivity (Wildman–Crippen MR) is 117 cm³/mol. The second-order valence-corrected chi connectivity index (χ2v) is 8.52. The van der Waals surface area contributed by atoms with Crippen molar-refractivity contribution >= 4 is 27.3 Å². The normalized spacial score (nSPS) is 14.8. The van der Waals surface area contributed by atoms with E-state index >= 15 is 0 Å². The molecule has 1 aromatic carbocycles. The molecule has 0 atom stereocenters. The molecule has 0 radical (unpaired) electrons. The van der Waals surface area contributed by atoms with Gasteiger partial charge in [-0.3, -0.25) is 9.78 Å². The largest absolute Gasteiger partial charge is 0.352 e. The molecule has 1 aliphatic rings. The highest BCUT2D eigenvalue weighted by Crippen LogP contribution is 2.29. The molecule has 4 heterocycles. The Morgan fingerprint density at radius 1 is 1.19 bits per heavy atom. The van der Waals surface area contributed by atoms with Crippen molar-refractivity contribution in [2.75, 3.05) is 18.0 Å². The number of halogens is 1. The van der Waals surface area contributed by atoms with E-state index in [9.17, 15) is 9.18 Å². The monoisotopic (exact) mass is 436 g/mol. The summed E-state index contributed by atoms with van der Waals surface area (Å²) in [5, 5.41) is 8.59. The third-order valence-electron chi connectivity index (χ3n) is 5.50. The molecule has 1 aliphatic heterocycles. The van der Waals surface area contributed by atoms with Crippen LogP contribution in [0.4, 0.5) is 9.52 Å². The van der Waals surface area contributed by atoms with E-state index in [-0.39, 0.29) is 17.6 Å². The zero-order valence-corrected chi connectivity index (χ0v) is 17.6. The first-order valence-corrected chi connectivity index (χ1v) is 11.0. The third-order valence-corrected chi connectivity index (χ3v) is 6.48. The van der Waals surface area contributed by atoms with Crippen LogP contribution < -0.4 is 10.2 Å². The van der Waals surface area contributed by atoms with Gasteiger partial charge in [0.1, 0.15) is 5.82 Å². The fraction of sp³-hybridized carbons (Fsp3) is 0.273. The smallest absolute Gasteiger partial charge is 0.223 e. The number of hydrogen-bond acceptors (Lipinski definition) is 6. The molecule has 5 rings (SSSR count). The summed E-state index contributed by atoms with van der Waals surface area (Å²) in [6.45, 7) is 2.08. The highest BCUT2D eigenvalue weighted by Gasteiger charge is 2.26. The molecule has 0 aliphatic carbocycles. The van der Waals surface area contributed by atoms with E-state index in [4.69, 9.17) is 0 Å². The van der Waals surface area contributed by atoms with E-state index in [2.05, 4.69) is 25.3 Å². The number of carbonyl (C=O) groups is 1.